The number of hydrogen-bond donors (Lipinski definition) is 0. The maximum atomic E-state index is 4.22. The summed E-state index contributed by atoms with van der Waals surface area (Å²) in [7, 11) is 0. The molecule has 0 amide bonds. The van der Waals surface area contributed by atoms with Gasteiger partial charge >= 0.3 is 0 Å². The van der Waals surface area contributed by atoms with Crippen LogP contribution < -0.4 is 0 Å². The highest BCUT2D eigenvalue weighted by atomic mass is 79.9. The molecule has 0 saturated heterocycles. The molecule has 0 atom stereocenters. The summed E-state index contributed by atoms with van der Waals surface area (Å²) >= 11 is 3.52. The van der Waals surface area contributed by atoms with Gasteiger partial charge in [0.15, 0.2) is 5.65 Å². The van der Waals surface area contributed by atoms with E-state index in [0.717, 1.165) is 22.5 Å². The van der Waals surface area contributed by atoms with Crippen LogP contribution in [0.4, 0.5) is 0 Å². The fraction of sp³-hybridized carbons (Fsp3) is 0.455. The molecule has 0 saturated carbocycles. The van der Waals surface area contributed by atoms with Gasteiger partial charge in [-0.1, -0.05) is 26.8 Å². The second-order valence-electron chi connectivity index (χ2n) is 4.90. The number of fused-ring (bicyclic) bond motifs is 1. The van der Waals surface area contributed by atoms with Crippen molar-refractivity contribution >= 4 is 21.6 Å². The second-order valence-corrected chi connectivity index (χ2v) is 5.71. The third kappa shape index (κ3) is 2.20. The molecule has 0 fully saturated rings. The first-order chi connectivity index (χ1) is 6.97. The van der Waals surface area contributed by atoms with Crippen molar-refractivity contribution in [1.82, 2.24) is 14.6 Å². The maximum absolute atomic E-state index is 4.22. The van der Waals surface area contributed by atoms with Crippen molar-refractivity contribution in [2.24, 2.45) is 5.41 Å². The van der Waals surface area contributed by atoms with Crippen LogP contribution in [0.2, 0.25) is 0 Å². The Hall–Kier alpha value is -0.900. The molecule has 2 aromatic heterocycles. The van der Waals surface area contributed by atoms with Crippen LogP contribution >= 0.6 is 15.9 Å². The summed E-state index contributed by atoms with van der Waals surface area (Å²) in [5.74, 6) is 1.00. The third-order valence-electron chi connectivity index (χ3n) is 2.14. The van der Waals surface area contributed by atoms with Crippen molar-refractivity contribution in [3.05, 3.63) is 28.6 Å². The molecule has 4 heteroatoms. The second kappa shape index (κ2) is 3.59. The monoisotopic (exact) mass is 267 g/mol. The Balaban J connectivity index is 2.53. The summed E-state index contributed by atoms with van der Waals surface area (Å²) < 4.78 is 3.05. The summed E-state index contributed by atoms with van der Waals surface area (Å²) in [6, 6.07) is 5.93. The van der Waals surface area contributed by atoms with Crippen LogP contribution in [0, 0.1) is 5.41 Å². The summed E-state index contributed by atoms with van der Waals surface area (Å²) in [4.78, 5) is 0. The predicted octanol–water partition coefficient (Wildman–Crippen LogP) is 3.08. The smallest absolute Gasteiger partial charge is 0.161 e. The van der Waals surface area contributed by atoms with E-state index in [0.29, 0.717) is 0 Å². The van der Waals surface area contributed by atoms with E-state index in [9.17, 15) is 0 Å². The van der Waals surface area contributed by atoms with E-state index in [-0.39, 0.29) is 5.41 Å². The fourth-order valence-electron chi connectivity index (χ4n) is 1.55. The third-order valence-corrected chi connectivity index (χ3v) is 2.76. The topological polar surface area (TPSA) is 30.2 Å². The number of hydrogen-bond acceptors (Lipinski definition) is 2. The average Bonchev–Trinajstić information content (AvgIpc) is 2.47. The number of nitrogens with zero attached hydrogens (tertiary/aromatic N) is 3. The molecular formula is C11H14BrN3. The Morgan fingerprint density at radius 1 is 1.27 bits per heavy atom. The van der Waals surface area contributed by atoms with Crippen LogP contribution in [-0.4, -0.2) is 14.6 Å². The number of aromatic nitrogens is 3. The van der Waals surface area contributed by atoms with Crippen molar-refractivity contribution in [3.63, 3.8) is 0 Å². The quantitative estimate of drug-likeness (QED) is 0.744. The number of pyridine rings is 1. The minimum atomic E-state index is 0.220. The van der Waals surface area contributed by atoms with Crippen molar-refractivity contribution in [1.29, 1.82) is 0 Å². The van der Waals surface area contributed by atoms with E-state index in [1.807, 2.05) is 22.6 Å². The van der Waals surface area contributed by atoms with E-state index >= 15 is 0 Å². The van der Waals surface area contributed by atoms with Crippen LogP contribution in [0.1, 0.15) is 26.6 Å². The van der Waals surface area contributed by atoms with Gasteiger partial charge in [0.05, 0.1) is 4.60 Å². The molecule has 0 spiro atoms. The van der Waals surface area contributed by atoms with Gasteiger partial charge in [-0.25, -0.2) is 0 Å². The highest BCUT2D eigenvalue weighted by Crippen LogP contribution is 2.22. The average molecular weight is 268 g/mol. The molecule has 0 bridgehead atoms. The zero-order valence-corrected chi connectivity index (χ0v) is 10.7. The van der Waals surface area contributed by atoms with Crippen molar-refractivity contribution in [2.75, 3.05) is 0 Å². The van der Waals surface area contributed by atoms with Gasteiger partial charge < -0.3 is 0 Å². The predicted molar refractivity (Wildman–Crippen MR) is 63.8 cm³/mol. The van der Waals surface area contributed by atoms with Gasteiger partial charge in [-0.15, -0.1) is 10.2 Å². The highest BCUT2D eigenvalue weighted by Gasteiger charge is 2.16. The van der Waals surface area contributed by atoms with E-state index in [1.165, 1.54) is 0 Å². The van der Waals surface area contributed by atoms with E-state index in [1.54, 1.807) is 0 Å². The van der Waals surface area contributed by atoms with Gasteiger partial charge in [0.2, 0.25) is 0 Å². The molecule has 0 aliphatic rings. The van der Waals surface area contributed by atoms with Crippen molar-refractivity contribution in [2.45, 2.75) is 27.2 Å². The number of halogens is 1. The lowest BCUT2D eigenvalue weighted by Crippen LogP contribution is -2.12. The molecule has 80 valence electrons. The molecule has 2 rings (SSSR count). The molecule has 2 aromatic rings. The Morgan fingerprint density at radius 3 is 2.67 bits per heavy atom. The largest absolute Gasteiger partial charge is 0.273 e. The SMILES string of the molecule is CC(C)(C)Cc1nnc2cccc(Br)n12. The van der Waals surface area contributed by atoms with Crippen LogP contribution in [0.3, 0.4) is 0 Å². The van der Waals surface area contributed by atoms with Gasteiger partial charge in [0, 0.05) is 6.42 Å². The molecule has 0 N–H and O–H groups in total. The van der Waals surface area contributed by atoms with E-state index in [2.05, 4.69) is 46.9 Å². The summed E-state index contributed by atoms with van der Waals surface area (Å²) in [5.41, 5.74) is 1.11. The van der Waals surface area contributed by atoms with Gasteiger partial charge in [-0.2, -0.15) is 0 Å². The van der Waals surface area contributed by atoms with Crippen LogP contribution in [0.25, 0.3) is 5.65 Å². The van der Waals surface area contributed by atoms with Crippen molar-refractivity contribution < 1.29 is 0 Å². The minimum Gasteiger partial charge on any atom is -0.273 e. The minimum absolute atomic E-state index is 0.220. The molecule has 0 aliphatic heterocycles. The normalized spacial score (nSPS) is 12.3. The van der Waals surface area contributed by atoms with Crippen LogP contribution in [-0.2, 0) is 6.42 Å². The zero-order chi connectivity index (χ0) is 11.1. The molecule has 3 nitrogen and oxygen atoms in total. The van der Waals surface area contributed by atoms with Crippen molar-refractivity contribution in [3.8, 4) is 0 Å². The first-order valence-corrected chi connectivity index (χ1v) is 5.75. The lowest BCUT2D eigenvalue weighted by Gasteiger charge is -2.16. The Labute approximate surface area is 97.6 Å². The fourth-order valence-corrected chi connectivity index (χ4v) is 2.09. The highest BCUT2D eigenvalue weighted by molar-refractivity contribution is 9.10. The standard InChI is InChI=1S/C11H14BrN3/c1-11(2,3)7-10-14-13-9-6-4-5-8(12)15(9)10/h4-6H,7H2,1-3H3. The lowest BCUT2D eigenvalue weighted by atomic mass is 9.92. The summed E-state index contributed by atoms with van der Waals surface area (Å²) in [6.45, 7) is 6.60. The van der Waals surface area contributed by atoms with Gasteiger partial charge in [0.1, 0.15) is 5.82 Å². The zero-order valence-electron chi connectivity index (χ0n) is 9.16. The Kier molecular flexibility index (Phi) is 2.54. The van der Waals surface area contributed by atoms with Gasteiger partial charge in [0.25, 0.3) is 0 Å². The van der Waals surface area contributed by atoms with Gasteiger partial charge in [-0.3, -0.25) is 4.40 Å². The molecule has 15 heavy (non-hydrogen) atoms. The molecule has 0 aromatic carbocycles. The van der Waals surface area contributed by atoms with E-state index in [4.69, 9.17) is 0 Å². The summed E-state index contributed by atoms with van der Waals surface area (Å²) in [5, 5.41) is 8.37. The Bertz CT molecular complexity index is 482. The molecule has 0 unspecified atom stereocenters. The maximum Gasteiger partial charge on any atom is 0.161 e. The van der Waals surface area contributed by atoms with Crippen LogP contribution in [0.15, 0.2) is 22.8 Å². The Morgan fingerprint density at radius 2 is 2.00 bits per heavy atom. The molecule has 0 radical (unpaired) electrons. The van der Waals surface area contributed by atoms with Gasteiger partial charge in [-0.05, 0) is 33.5 Å². The molecule has 2 heterocycles. The lowest BCUT2D eigenvalue weighted by molar-refractivity contribution is 0.398. The molecular weight excluding hydrogens is 254 g/mol. The van der Waals surface area contributed by atoms with E-state index < -0.39 is 0 Å². The molecule has 0 aliphatic carbocycles. The van der Waals surface area contributed by atoms with Crippen LogP contribution in [0.5, 0.6) is 0 Å². The number of rotatable bonds is 1. The summed E-state index contributed by atoms with van der Waals surface area (Å²) in [6.07, 6.45) is 0.913. The first-order valence-electron chi connectivity index (χ1n) is 4.96. The first kappa shape index (κ1) is 10.6.